The number of nitrogens with one attached hydrogen (secondary N) is 1. The van der Waals surface area contributed by atoms with Gasteiger partial charge in [0.1, 0.15) is 0 Å². The molecule has 106 valence electrons. The lowest BCUT2D eigenvalue weighted by Crippen LogP contribution is -2.19. The van der Waals surface area contributed by atoms with Gasteiger partial charge in [0.15, 0.2) is 5.58 Å². The van der Waals surface area contributed by atoms with E-state index >= 15 is 0 Å². The first-order chi connectivity index (χ1) is 10.0. The molecule has 1 heterocycles. The zero-order chi connectivity index (χ0) is 15.0. The molecule has 0 unspecified atom stereocenters. The fourth-order valence-electron chi connectivity index (χ4n) is 1.90. The highest BCUT2D eigenvalue weighted by molar-refractivity contribution is 9.10. The quantitative estimate of drug-likeness (QED) is 0.568. The molecule has 1 N–H and O–H groups in total. The van der Waals surface area contributed by atoms with Crippen LogP contribution in [-0.4, -0.2) is 10.6 Å². The van der Waals surface area contributed by atoms with E-state index in [1.807, 2.05) is 6.07 Å². The third kappa shape index (κ3) is 2.88. The summed E-state index contributed by atoms with van der Waals surface area (Å²) < 4.78 is 7.59. The van der Waals surface area contributed by atoms with E-state index in [1.54, 1.807) is 36.4 Å². The highest BCUT2D eigenvalue weighted by atomic mass is 79.9. The lowest BCUT2D eigenvalue weighted by Gasteiger charge is -2.05. The van der Waals surface area contributed by atoms with Crippen LogP contribution in [0.25, 0.3) is 11.1 Å². The number of nitrogens with zero attached hydrogens (tertiary/aromatic N) is 1. The second kappa shape index (κ2) is 5.63. The number of halogens is 2. The average molecular weight is 384 g/mol. The third-order valence-electron chi connectivity index (χ3n) is 2.84. The van der Waals surface area contributed by atoms with Gasteiger partial charge in [0.05, 0.1) is 5.52 Å². The molecule has 0 spiro atoms. The molecule has 1 amide bonds. The van der Waals surface area contributed by atoms with E-state index in [0.29, 0.717) is 21.8 Å². The molecule has 2 aromatic carbocycles. The molecule has 0 aliphatic heterocycles. The molecule has 0 fully saturated rings. The van der Waals surface area contributed by atoms with Gasteiger partial charge in [-0.3, -0.25) is 0 Å². The molecule has 0 radical (unpaired) electrons. The zero-order valence-corrected chi connectivity index (χ0v) is 13.6. The van der Waals surface area contributed by atoms with Gasteiger partial charge in [0.25, 0.3) is 4.84 Å². The van der Waals surface area contributed by atoms with Gasteiger partial charge in [-0.2, -0.15) is 0 Å². The molecule has 0 saturated heterocycles. The summed E-state index contributed by atoms with van der Waals surface area (Å²) >= 11 is 14.3. The van der Waals surface area contributed by atoms with Crippen LogP contribution in [-0.2, 0) is 0 Å². The fraction of sp³-hybridized carbons (Fsp3) is 0. The monoisotopic (exact) mass is 382 g/mol. The van der Waals surface area contributed by atoms with Crippen molar-refractivity contribution in [3.8, 4) is 0 Å². The highest BCUT2D eigenvalue weighted by Gasteiger charge is 2.14. The summed E-state index contributed by atoms with van der Waals surface area (Å²) in [5.74, 6) is 0. The van der Waals surface area contributed by atoms with Crippen LogP contribution in [0.5, 0.6) is 0 Å². The minimum atomic E-state index is -0.386. The van der Waals surface area contributed by atoms with E-state index in [0.717, 1.165) is 4.47 Å². The van der Waals surface area contributed by atoms with Crippen molar-refractivity contribution in [2.45, 2.75) is 0 Å². The molecule has 1 aromatic heterocycles. The maximum atomic E-state index is 12.4. The van der Waals surface area contributed by atoms with Gasteiger partial charge < -0.3 is 9.73 Å². The van der Waals surface area contributed by atoms with Gasteiger partial charge in [0.2, 0.25) is 0 Å². The van der Waals surface area contributed by atoms with Crippen molar-refractivity contribution in [3.63, 3.8) is 0 Å². The van der Waals surface area contributed by atoms with Gasteiger partial charge in [-0.05, 0) is 54.7 Å². The molecule has 0 atom stereocenters. The van der Waals surface area contributed by atoms with Crippen molar-refractivity contribution in [2.24, 2.45) is 0 Å². The summed E-state index contributed by atoms with van der Waals surface area (Å²) in [6.45, 7) is 0. The molecule has 3 rings (SSSR count). The molecule has 21 heavy (non-hydrogen) atoms. The normalized spacial score (nSPS) is 10.8. The number of rotatable bonds is 1. The predicted octanol–water partition coefficient (Wildman–Crippen LogP) is 5.46. The van der Waals surface area contributed by atoms with Crippen molar-refractivity contribution in [2.75, 3.05) is 5.32 Å². The molecule has 7 heteroatoms. The Bertz CT molecular complexity index is 886. The lowest BCUT2D eigenvalue weighted by molar-refractivity contribution is 0.253. The standard InChI is InChI=1S/C14H8BrClN2O2S/c15-8-1-6-11-12(7-8)20-14(21)18(11)13(19)17-10-4-2-9(16)3-5-10/h1-7H,(H,17,19). The smallest absolute Gasteiger partial charge is 0.334 e. The largest absolute Gasteiger partial charge is 0.429 e. The second-order valence-corrected chi connectivity index (χ2v) is 5.95. The molecular weight excluding hydrogens is 376 g/mol. The van der Waals surface area contributed by atoms with Crippen molar-refractivity contribution in [1.82, 2.24) is 4.57 Å². The molecule has 0 saturated carbocycles. The summed E-state index contributed by atoms with van der Waals surface area (Å²) in [6.07, 6.45) is 0. The Morgan fingerprint density at radius 2 is 1.95 bits per heavy atom. The van der Waals surface area contributed by atoms with Crippen molar-refractivity contribution in [1.29, 1.82) is 0 Å². The number of aromatic nitrogens is 1. The summed E-state index contributed by atoms with van der Waals surface area (Å²) in [7, 11) is 0. The maximum Gasteiger partial charge on any atom is 0.334 e. The van der Waals surface area contributed by atoms with Crippen LogP contribution in [0.1, 0.15) is 0 Å². The van der Waals surface area contributed by atoms with E-state index in [-0.39, 0.29) is 10.9 Å². The minimum Gasteiger partial charge on any atom is -0.429 e. The Balaban J connectivity index is 2.00. The van der Waals surface area contributed by atoms with Gasteiger partial charge in [0, 0.05) is 15.2 Å². The van der Waals surface area contributed by atoms with E-state index in [4.69, 9.17) is 28.2 Å². The molecule has 0 bridgehead atoms. The van der Waals surface area contributed by atoms with Gasteiger partial charge in [-0.25, -0.2) is 9.36 Å². The Morgan fingerprint density at radius 1 is 1.24 bits per heavy atom. The van der Waals surface area contributed by atoms with Gasteiger partial charge in [-0.15, -0.1) is 0 Å². The maximum absolute atomic E-state index is 12.4. The van der Waals surface area contributed by atoms with E-state index in [1.165, 1.54) is 4.57 Å². The SMILES string of the molecule is O=C(Nc1ccc(Cl)cc1)n1c(=S)oc2cc(Br)ccc21. The van der Waals surface area contributed by atoms with Crippen LogP contribution in [0.3, 0.4) is 0 Å². The fourth-order valence-corrected chi connectivity index (χ4v) is 2.63. The van der Waals surface area contributed by atoms with E-state index < -0.39 is 0 Å². The first-order valence-electron chi connectivity index (χ1n) is 5.92. The van der Waals surface area contributed by atoms with Gasteiger partial charge in [-0.1, -0.05) is 27.5 Å². The Kier molecular flexibility index (Phi) is 3.84. The van der Waals surface area contributed by atoms with E-state index in [2.05, 4.69) is 21.2 Å². The Hall–Kier alpha value is -1.63. The van der Waals surface area contributed by atoms with Crippen molar-refractivity contribution in [3.05, 3.63) is 56.8 Å². The number of anilines is 1. The van der Waals surface area contributed by atoms with Crippen LogP contribution in [0.2, 0.25) is 5.02 Å². The molecule has 4 nitrogen and oxygen atoms in total. The number of hydrogen-bond acceptors (Lipinski definition) is 3. The number of carbonyl (C=O) groups is 1. The topological polar surface area (TPSA) is 47.2 Å². The molecule has 0 aliphatic rings. The zero-order valence-electron chi connectivity index (χ0n) is 10.5. The highest BCUT2D eigenvalue weighted by Crippen LogP contribution is 2.22. The van der Waals surface area contributed by atoms with Crippen LogP contribution >= 0.6 is 39.7 Å². The Labute approximate surface area is 138 Å². The van der Waals surface area contributed by atoms with Gasteiger partial charge >= 0.3 is 6.03 Å². The average Bonchev–Trinajstić information content (AvgIpc) is 2.76. The summed E-state index contributed by atoms with van der Waals surface area (Å²) in [6, 6.07) is 11.8. The van der Waals surface area contributed by atoms with Crippen LogP contribution in [0.15, 0.2) is 51.4 Å². The number of amides is 1. The van der Waals surface area contributed by atoms with Crippen molar-refractivity contribution >= 4 is 62.6 Å². The van der Waals surface area contributed by atoms with Crippen LogP contribution in [0, 0.1) is 4.84 Å². The van der Waals surface area contributed by atoms with Crippen LogP contribution in [0.4, 0.5) is 10.5 Å². The lowest BCUT2D eigenvalue weighted by atomic mass is 10.3. The molecule has 0 aliphatic carbocycles. The second-order valence-electron chi connectivity index (χ2n) is 4.25. The first-order valence-corrected chi connectivity index (χ1v) is 7.50. The predicted molar refractivity (Wildman–Crippen MR) is 88.6 cm³/mol. The number of benzene rings is 2. The minimum absolute atomic E-state index is 0.0922. The Morgan fingerprint density at radius 3 is 2.67 bits per heavy atom. The number of carbonyl (C=O) groups excluding carboxylic acids is 1. The molecular formula is C14H8BrClN2O2S. The van der Waals surface area contributed by atoms with E-state index in [9.17, 15) is 4.79 Å². The number of oxazole rings is 1. The summed E-state index contributed by atoms with van der Waals surface area (Å²) in [5.41, 5.74) is 1.77. The van der Waals surface area contributed by atoms with Crippen LogP contribution < -0.4 is 5.32 Å². The third-order valence-corrected chi connectivity index (χ3v) is 3.85. The number of hydrogen-bond donors (Lipinski definition) is 1. The summed E-state index contributed by atoms with van der Waals surface area (Å²) in [5, 5.41) is 3.35. The molecule has 3 aromatic rings. The first kappa shape index (κ1) is 14.3. The van der Waals surface area contributed by atoms with Crippen molar-refractivity contribution < 1.29 is 9.21 Å². The number of fused-ring (bicyclic) bond motifs is 1. The summed E-state index contributed by atoms with van der Waals surface area (Å²) in [4.78, 5) is 12.5.